The fourth-order valence-electron chi connectivity index (χ4n) is 2.90. The number of aryl methyl sites for hydroxylation is 2. The van der Waals surface area contributed by atoms with E-state index in [1.54, 1.807) is 6.92 Å². The van der Waals surface area contributed by atoms with Crippen LogP contribution in [0.4, 0.5) is 19.0 Å². The van der Waals surface area contributed by atoms with E-state index in [0.29, 0.717) is 0 Å². The van der Waals surface area contributed by atoms with Crippen LogP contribution in [0.15, 0.2) is 42.5 Å². The summed E-state index contributed by atoms with van der Waals surface area (Å²) in [5, 5.41) is 16.5. The number of alkyl halides is 3. The van der Waals surface area contributed by atoms with Crippen LogP contribution in [0.1, 0.15) is 41.2 Å². The first-order chi connectivity index (χ1) is 13.2. The number of rotatable bonds is 4. The molecule has 0 aliphatic carbocycles. The Hall–Kier alpha value is -3.34. The summed E-state index contributed by atoms with van der Waals surface area (Å²) in [6, 6.07) is 12.9. The standard InChI is InChI=1S/C20H18F3N5/c1-12-10-13(2)28(27-12)17-7-4-15(5-8-17)14(3)25-19-16(11-24)6-9-18(26-19)20(21,22)23/h4-10,14H,1-3H3,(H,25,26). The number of benzene rings is 1. The number of hydrogen-bond acceptors (Lipinski definition) is 4. The Morgan fingerprint density at radius 1 is 1.11 bits per heavy atom. The minimum Gasteiger partial charge on any atom is -0.362 e. The third-order valence-corrected chi connectivity index (χ3v) is 4.31. The van der Waals surface area contributed by atoms with E-state index in [1.807, 2.05) is 54.9 Å². The van der Waals surface area contributed by atoms with Crippen LogP contribution in [0.3, 0.4) is 0 Å². The fraction of sp³-hybridized carbons (Fsp3) is 0.250. The van der Waals surface area contributed by atoms with Crippen LogP contribution in [0.2, 0.25) is 0 Å². The normalized spacial score (nSPS) is 12.5. The Balaban J connectivity index is 1.84. The summed E-state index contributed by atoms with van der Waals surface area (Å²) in [4.78, 5) is 3.59. The molecule has 1 N–H and O–H groups in total. The number of nitrogens with one attached hydrogen (secondary N) is 1. The molecule has 1 atom stereocenters. The second-order valence-corrected chi connectivity index (χ2v) is 6.50. The van der Waals surface area contributed by atoms with Crippen LogP contribution in [0, 0.1) is 25.2 Å². The van der Waals surface area contributed by atoms with Crippen molar-refractivity contribution in [2.24, 2.45) is 0 Å². The molecule has 0 spiro atoms. The van der Waals surface area contributed by atoms with Crippen LogP contribution in [-0.2, 0) is 6.18 Å². The Morgan fingerprint density at radius 2 is 1.79 bits per heavy atom. The molecule has 3 aromatic rings. The van der Waals surface area contributed by atoms with Crippen molar-refractivity contribution >= 4 is 5.82 Å². The molecular formula is C20H18F3N5. The van der Waals surface area contributed by atoms with Gasteiger partial charge in [-0.1, -0.05) is 12.1 Å². The van der Waals surface area contributed by atoms with Gasteiger partial charge < -0.3 is 5.32 Å². The average molecular weight is 385 g/mol. The van der Waals surface area contributed by atoms with Crippen molar-refractivity contribution in [3.05, 3.63) is 70.7 Å². The lowest BCUT2D eigenvalue weighted by Gasteiger charge is -2.17. The van der Waals surface area contributed by atoms with Gasteiger partial charge in [0.25, 0.3) is 0 Å². The first-order valence-corrected chi connectivity index (χ1v) is 8.57. The predicted octanol–water partition coefficient (Wildman–Crippen LogP) is 4.95. The number of nitriles is 1. The zero-order chi connectivity index (χ0) is 20.5. The smallest absolute Gasteiger partial charge is 0.362 e. The van der Waals surface area contributed by atoms with E-state index in [2.05, 4.69) is 15.4 Å². The maximum atomic E-state index is 12.9. The Kier molecular flexibility index (Phi) is 5.10. The Labute approximate surface area is 160 Å². The maximum absolute atomic E-state index is 12.9. The van der Waals surface area contributed by atoms with Crippen molar-refractivity contribution in [1.29, 1.82) is 5.26 Å². The molecule has 1 unspecified atom stereocenters. The van der Waals surface area contributed by atoms with Gasteiger partial charge in [0, 0.05) is 11.7 Å². The van der Waals surface area contributed by atoms with Crippen LogP contribution in [-0.4, -0.2) is 14.8 Å². The van der Waals surface area contributed by atoms with Gasteiger partial charge in [0.1, 0.15) is 17.6 Å². The summed E-state index contributed by atoms with van der Waals surface area (Å²) in [6.07, 6.45) is -4.57. The molecule has 8 heteroatoms. The van der Waals surface area contributed by atoms with E-state index in [9.17, 15) is 13.2 Å². The number of aromatic nitrogens is 3. The lowest BCUT2D eigenvalue weighted by molar-refractivity contribution is -0.141. The fourth-order valence-corrected chi connectivity index (χ4v) is 2.90. The van der Waals surface area contributed by atoms with E-state index < -0.39 is 11.9 Å². The zero-order valence-electron chi connectivity index (χ0n) is 15.5. The van der Waals surface area contributed by atoms with Crippen LogP contribution < -0.4 is 5.32 Å². The van der Waals surface area contributed by atoms with E-state index >= 15 is 0 Å². The molecule has 2 aromatic heterocycles. The van der Waals surface area contributed by atoms with Gasteiger partial charge in [-0.05, 0) is 56.7 Å². The summed E-state index contributed by atoms with van der Waals surface area (Å²) < 4.78 is 40.6. The number of halogens is 3. The number of nitrogens with zero attached hydrogens (tertiary/aromatic N) is 4. The van der Waals surface area contributed by atoms with E-state index in [1.165, 1.54) is 0 Å². The minimum absolute atomic E-state index is 0.0547. The molecule has 0 saturated carbocycles. The summed E-state index contributed by atoms with van der Waals surface area (Å²) in [7, 11) is 0. The van der Waals surface area contributed by atoms with Crippen molar-refractivity contribution in [2.45, 2.75) is 33.0 Å². The van der Waals surface area contributed by atoms with Gasteiger partial charge in [-0.25, -0.2) is 9.67 Å². The molecule has 0 saturated heterocycles. The molecule has 1 aromatic carbocycles. The first kappa shape index (κ1) is 19.4. The number of pyridine rings is 1. The van der Waals surface area contributed by atoms with Gasteiger partial charge in [-0.15, -0.1) is 0 Å². The molecule has 0 bridgehead atoms. The van der Waals surface area contributed by atoms with Crippen LogP contribution >= 0.6 is 0 Å². The molecule has 0 amide bonds. The van der Waals surface area contributed by atoms with Gasteiger partial charge in [0.05, 0.1) is 16.9 Å². The average Bonchev–Trinajstić information content (AvgIpc) is 2.99. The molecule has 5 nitrogen and oxygen atoms in total. The van der Waals surface area contributed by atoms with Crippen molar-refractivity contribution in [3.63, 3.8) is 0 Å². The Bertz CT molecular complexity index is 1030. The quantitative estimate of drug-likeness (QED) is 0.690. The Morgan fingerprint density at radius 3 is 2.32 bits per heavy atom. The van der Waals surface area contributed by atoms with Gasteiger partial charge in [0.2, 0.25) is 0 Å². The van der Waals surface area contributed by atoms with E-state index in [4.69, 9.17) is 5.26 Å². The molecule has 0 aliphatic rings. The van der Waals surface area contributed by atoms with Crippen molar-refractivity contribution in [3.8, 4) is 11.8 Å². The summed E-state index contributed by atoms with van der Waals surface area (Å²) in [5.41, 5.74) is 2.66. The second-order valence-electron chi connectivity index (χ2n) is 6.50. The van der Waals surface area contributed by atoms with Gasteiger partial charge in [-0.2, -0.15) is 23.5 Å². The molecule has 0 radical (unpaired) electrons. The third-order valence-electron chi connectivity index (χ3n) is 4.31. The van der Waals surface area contributed by atoms with Gasteiger partial charge in [-0.3, -0.25) is 0 Å². The van der Waals surface area contributed by atoms with E-state index in [0.717, 1.165) is 34.8 Å². The first-order valence-electron chi connectivity index (χ1n) is 8.57. The highest BCUT2D eigenvalue weighted by molar-refractivity contribution is 5.54. The molecule has 3 rings (SSSR count). The molecule has 28 heavy (non-hydrogen) atoms. The highest BCUT2D eigenvalue weighted by atomic mass is 19.4. The van der Waals surface area contributed by atoms with Gasteiger partial charge >= 0.3 is 6.18 Å². The highest BCUT2D eigenvalue weighted by Gasteiger charge is 2.33. The second kappa shape index (κ2) is 7.35. The molecular weight excluding hydrogens is 367 g/mol. The molecule has 2 heterocycles. The van der Waals surface area contributed by atoms with Crippen molar-refractivity contribution in [2.75, 3.05) is 5.32 Å². The summed E-state index contributed by atoms with van der Waals surface area (Å²) >= 11 is 0. The topological polar surface area (TPSA) is 66.5 Å². The van der Waals surface area contributed by atoms with Crippen molar-refractivity contribution in [1.82, 2.24) is 14.8 Å². The number of anilines is 1. The molecule has 0 fully saturated rings. The molecule has 0 aliphatic heterocycles. The van der Waals surface area contributed by atoms with Gasteiger partial charge in [0.15, 0.2) is 0 Å². The molecule has 144 valence electrons. The summed E-state index contributed by atoms with van der Waals surface area (Å²) in [5.74, 6) is -0.0903. The lowest BCUT2D eigenvalue weighted by atomic mass is 10.1. The number of hydrogen-bond donors (Lipinski definition) is 1. The van der Waals surface area contributed by atoms with E-state index in [-0.39, 0.29) is 17.4 Å². The van der Waals surface area contributed by atoms with Crippen molar-refractivity contribution < 1.29 is 13.2 Å². The van der Waals surface area contributed by atoms with Crippen LogP contribution in [0.25, 0.3) is 5.69 Å². The maximum Gasteiger partial charge on any atom is 0.433 e. The summed E-state index contributed by atoms with van der Waals surface area (Å²) in [6.45, 7) is 5.67. The predicted molar refractivity (Wildman–Crippen MR) is 99.0 cm³/mol. The zero-order valence-corrected chi connectivity index (χ0v) is 15.5. The third kappa shape index (κ3) is 3.98. The minimum atomic E-state index is -4.57. The van der Waals surface area contributed by atoms with Crippen LogP contribution in [0.5, 0.6) is 0 Å². The monoisotopic (exact) mass is 385 g/mol. The SMILES string of the molecule is Cc1cc(C)n(-c2ccc(C(C)Nc3nc(C(F)(F)F)ccc3C#N)cc2)n1. The highest BCUT2D eigenvalue weighted by Crippen LogP contribution is 2.30. The largest absolute Gasteiger partial charge is 0.433 e. The lowest BCUT2D eigenvalue weighted by Crippen LogP contribution is -2.14.